The van der Waals surface area contributed by atoms with Crippen LogP contribution in [0, 0.1) is 13.8 Å². The molecule has 0 spiro atoms. The maximum atomic E-state index is 12.6. The van der Waals surface area contributed by atoms with Crippen molar-refractivity contribution < 1.29 is 17.3 Å². The first-order valence-corrected chi connectivity index (χ1v) is 12.3. The molecule has 172 valence electrons. The molecule has 33 heavy (non-hydrogen) atoms. The zero-order valence-electron chi connectivity index (χ0n) is 18.9. The van der Waals surface area contributed by atoms with Gasteiger partial charge in [-0.15, -0.1) is 0 Å². The summed E-state index contributed by atoms with van der Waals surface area (Å²) in [6.07, 6.45) is 4.61. The van der Waals surface area contributed by atoms with Crippen LogP contribution in [0.2, 0.25) is 5.02 Å². The molecule has 0 bridgehead atoms. The summed E-state index contributed by atoms with van der Waals surface area (Å²) in [6.45, 7) is 9.38. The van der Waals surface area contributed by atoms with Crippen LogP contribution >= 0.6 is 11.6 Å². The summed E-state index contributed by atoms with van der Waals surface area (Å²) in [5.41, 5.74) is 4.48. The van der Waals surface area contributed by atoms with Crippen molar-refractivity contribution >= 4 is 27.8 Å². The van der Waals surface area contributed by atoms with Crippen molar-refractivity contribution in [2.24, 2.45) is 0 Å². The number of aryl methyl sites for hydroxylation is 2. The second-order valence-electron chi connectivity index (χ2n) is 7.60. The average molecular weight is 483 g/mol. The van der Waals surface area contributed by atoms with Crippen LogP contribution in [0.1, 0.15) is 23.6 Å². The summed E-state index contributed by atoms with van der Waals surface area (Å²) < 4.78 is 36.8. The second-order valence-corrected chi connectivity index (χ2v) is 9.62. The Kier molecular flexibility index (Phi) is 8.14. The van der Waals surface area contributed by atoms with Gasteiger partial charge in [0, 0.05) is 11.1 Å². The Balaban J connectivity index is 1.95. The van der Waals surface area contributed by atoms with Crippen LogP contribution in [-0.2, 0) is 14.3 Å². The molecule has 0 unspecified atom stereocenters. The number of allylic oxidation sites excluding steroid dienone is 1. The van der Waals surface area contributed by atoms with E-state index in [0.29, 0.717) is 10.8 Å². The number of hydrogen-bond acceptors (Lipinski definition) is 4. The van der Waals surface area contributed by atoms with Crippen LogP contribution < -0.4 is 4.74 Å². The second kappa shape index (κ2) is 10.8. The molecule has 0 saturated carbocycles. The number of ether oxygens (including phenoxy) is 1. The van der Waals surface area contributed by atoms with Crippen LogP contribution in [0.4, 0.5) is 0 Å². The molecule has 0 radical (unpaired) electrons. The lowest BCUT2D eigenvalue weighted by Gasteiger charge is -2.22. The van der Waals surface area contributed by atoms with E-state index in [2.05, 4.69) is 6.58 Å². The lowest BCUT2D eigenvalue weighted by atomic mass is 9.97. The summed E-state index contributed by atoms with van der Waals surface area (Å²) in [4.78, 5) is 0.0915. The molecule has 3 aromatic carbocycles. The van der Waals surface area contributed by atoms with Crippen molar-refractivity contribution in [1.29, 1.82) is 0 Å². The quantitative estimate of drug-likeness (QED) is 0.243. The number of hydrogen-bond donors (Lipinski definition) is 0. The lowest BCUT2D eigenvalue weighted by molar-refractivity contribution is 0.168. The molecular formula is C27H27ClO4S. The van der Waals surface area contributed by atoms with Crippen LogP contribution in [0.15, 0.2) is 84.3 Å². The summed E-state index contributed by atoms with van der Waals surface area (Å²) >= 11 is 6.62. The molecular weight excluding hydrogens is 456 g/mol. The number of halogens is 1. The van der Waals surface area contributed by atoms with Gasteiger partial charge in [-0.1, -0.05) is 72.3 Å². The fourth-order valence-corrected chi connectivity index (χ4v) is 4.52. The summed E-state index contributed by atoms with van der Waals surface area (Å²) in [5.74, 6) is 0.538. The van der Waals surface area contributed by atoms with Gasteiger partial charge in [-0.25, -0.2) is 0 Å². The summed E-state index contributed by atoms with van der Waals surface area (Å²) in [6, 6.07) is 18.0. The maximum absolute atomic E-state index is 12.6. The molecule has 0 aliphatic rings. The minimum Gasteiger partial charge on any atom is -0.483 e. The third-order valence-corrected chi connectivity index (χ3v) is 6.74. The van der Waals surface area contributed by atoms with Gasteiger partial charge in [0.2, 0.25) is 0 Å². The minimum absolute atomic E-state index is 0.0915. The molecule has 0 N–H and O–H groups in total. The first-order chi connectivity index (χ1) is 15.8. The van der Waals surface area contributed by atoms with Gasteiger partial charge in [0.15, 0.2) is 0 Å². The highest BCUT2D eigenvalue weighted by molar-refractivity contribution is 7.86. The van der Waals surface area contributed by atoms with E-state index >= 15 is 0 Å². The van der Waals surface area contributed by atoms with E-state index in [0.717, 1.165) is 27.8 Å². The van der Waals surface area contributed by atoms with E-state index in [1.165, 1.54) is 18.2 Å². The minimum atomic E-state index is -3.94. The highest BCUT2D eigenvalue weighted by atomic mass is 35.5. The fraction of sp³-hybridized carbons (Fsp3) is 0.185. The van der Waals surface area contributed by atoms with E-state index < -0.39 is 16.2 Å². The van der Waals surface area contributed by atoms with E-state index in [1.54, 1.807) is 12.1 Å². The van der Waals surface area contributed by atoms with Gasteiger partial charge in [-0.05, 0) is 62.2 Å². The van der Waals surface area contributed by atoms with Gasteiger partial charge >= 0.3 is 0 Å². The monoisotopic (exact) mass is 482 g/mol. The zero-order chi connectivity index (χ0) is 24.0. The van der Waals surface area contributed by atoms with Crippen LogP contribution in [0.5, 0.6) is 5.75 Å². The zero-order valence-corrected chi connectivity index (χ0v) is 20.5. The van der Waals surface area contributed by atoms with E-state index in [4.69, 9.17) is 20.5 Å². The first-order valence-electron chi connectivity index (χ1n) is 10.5. The van der Waals surface area contributed by atoms with Crippen LogP contribution in [-0.4, -0.2) is 21.1 Å². The van der Waals surface area contributed by atoms with Crippen molar-refractivity contribution in [3.63, 3.8) is 0 Å². The Morgan fingerprint density at radius 3 is 2.36 bits per heavy atom. The highest BCUT2D eigenvalue weighted by Crippen LogP contribution is 2.41. The largest absolute Gasteiger partial charge is 0.483 e. The predicted molar refractivity (Wildman–Crippen MR) is 135 cm³/mol. The Hall–Kier alpha value is -2.86. The molecule has 0 amide bonds. The third kappa shape index (κ3) is 5.93. The third-order valence-electron chi connectivity index (χ3n) is 5.13. The SMILES string of the molecule is C=C[C@@H](COS(=O)(=O)c1ccc(C)cc1)Oc1c(C=CC)ccc(Cl)c1-c1ccccc1C. The van der Waals surface area contributed by atoms with E-state index in [-0.39, 0.29) is 11.5 Å². The van der Waals surface area contributed by atoms with Gasteiger partial charge in [0.1, 0.15) is 18.5 Å². The Labute approximate surface area is 201 Å². The van der Waals surface area contributed by atoms with Crippen molar-refractivity contribution in [2.75, 3.05) is 6.61 Å². The normalized spacial score (nSPS) is 12.6. The van der Waals surface area contributed by atoms with E-state index in [1.807, 2.05) is 69.3 Å². The molecule has 0 aliphatic carbocycles. The molecule has 0 aliphatic heterocycles. The molecule has 3 aromatic rings. The van der Waals surface area contributed by atoms with Crippen molar-refractivity contribution in [2.45, 2.75) is 31.8 Å². The van der Waals surface area contributed by atoms with Crippen LogP contribution in [0.25, 0.3) is 17.2 Å². The summed E-state index contributed by atoms with van der Waals surface area (Å²) in [7, 11) is -3.94. The Bertz CT molecular complexity index is 1260. The topological polar surface area (TPSA) is 52.6 Å². The molecule has 6 heteroatoms. The van der Waals surface area contributed by atoms with Gasteiger partial charge < -0.3 is 4.74 Å². The molecule has 3 rings (SSSR count). The van der Waals surface area contributed by atoms with Gasteiger partial charge in [-0.3, -0.25) is 4.18 Å². The summed E-state index contributed by atoms with van der Waals surface area (Å²) in [5, 5.41) is 0.531. The van der Waals surface area contributed by atoms with Crippen molar-refractivity contribution in [3.8, 4) is 16.9 Å². The fourth-order valence-electron chi connectivity index (χ4n) is 3.35. The predicted octanol–water partition coefficient (Wildman–Crippen LogP) is 7.00. The van der Waals surface area contributed by atoms with Gasteiger partial charge in [-0.2, -0.15) is 8.42 Å². The Morgan fingerprint density at radius 1 is 1.03 bits per heavy atom. The van der Waals surface area contributed by atoms with E-state index in [9.17, 15) is 8.42 Å². The number of rotatable bonds is 9. The molecule has 0 fully saturated rings. The molecule has 0 aromatic heterocycles. The standard InChI is InChI=1S/C27H27ClO4S/c1-5-9-21-14-17-25(28)26(24-11-8-7-10-20(24)4)27(21)32-22(6-2)18-31-33(29,30)23-15-12-19(3)13-16-23/h5-17,22H,2,18H2,1,3-4H3/t22-/m0/s1. The average Bonchev–Trinajstić information content (AvgIpc) is 2.79. The van der Waals surface area contributed by atoms with Crippen LogP contribution in [0.3, 0.4) is 0 Å². The maximum Gasteiger partial charge on any atom is 0.297 e. The highest BCUT2D eigenvalue weighted by Gasteiger charge is 2.22. The van der Waals surface area contributed by atoms with Gasteiger partial charge in [0.25, 0.3) is 10.1 Å². The first kappa shape index (κ1) is 24.8. The molecule has 0 heterocycles. The molecule has 1 atom stereocenters. The smallest absolute Gasteiger partial charge is 0.297 e. The Morgan fingerprint density at radius 2 is 1.73 bits per heavy atom. The van der Waals surface area contributed by atoms with Crippen molar-refractivity contribution in [1.82, 2.24) is 0 Å². The number of benzene rings is 3. The lowest BCUT2D eigenvalue weighted by Crippen LogP contribution is -2.23. The van der Waals surface area contributed by atoms with Gasteiger partial charge in [0.05, 0.1) is 9.92 Å². The van der Waals surface area contributed by atoms with Crippen molar-refractivity contribution in [3.05, 3.63) is 101 Å². The molecule has 4 nitrogen and oxygen atoms in total. The molecule has 0 saturated heterocycles.